The number of para-hydroxylation sites is 1. The number of nitrogens with zero attached hydrogens (tertiary/aromatic N) is 2. The molecule has 0 bridgehead atoms. The number of aliphatic hydroxyl groups is 1. The summed E-state index contributed by atoms with van der Waals surface area (Å²) in [6.07, 6.45) is -0.628. The van der Waals surface area contributed by atoms with Crippen LogP contribution in [-0.4, -0.2) is 71.6 Å². The molecule has 3 N–H and O–H groups in total. The lowest BCUT2D eigenvalue weighted by molar-refractivity contribution is 0.0662. The summed E-state index contributed by atoms with van der Waals surface area (Å²) in [5, 5.41) is 28.8. The first-order chi connectivity index (χ1) is 13.0. The predicted octanol–water partition coefficient (Wildman–Crippen LogP) is 1.65. The van der Waals surface area contributed by atoms with Gasteiger partial charge in [0.1, 0.15) is 24.2 Å². The number of carboxylic acid groups (broad SMARTS) is 1. The molecule has 27 heavy (non-hydrogen) atoms. The Morgan fingerprint density at radius 3 is 2.37 bits per heavy atom. The average molecular weight is 372 g/mol. The van der Waals surface area contributed by atoms with Crippen LogP contribution in [0.5, 0.6) is 11.5 Å². The largest absolute Gasteiger partial charge is 0.508 e. The molecule has 0 aliphatic carbocycles. The number of benzene rings is 2. The molecule has 7 heteroatoms. The van der Waals surface area contributed by atoms with Gasteiger partial charge in [-0.2, -0.15) is 0 Å². The molecule has 0 aromatic heterocycles. The standard InChI is InChI=1S/C20H24N2O5/c23-15-5-7-17(8-6-15)27-14-16(24)13-21-9-11-22(12-10-21)19-4-2-1-3-18(19)20(25)26/h1-8,16,23-24H,9-14H2,(H,25,26). The van der Waals surface area contributed by atoms with Crippen LogP contribution in [0.4, 0.5) is 5.69 Å². The van der Waals surface area contributed by atoms with Gasteiger partial charge in [-0.3, -0.25) is 4.90 Å². The summed E-state index contributed by atoms with van der Waals surface area (Å²) in [6.45, 7) is 3.56. The van der Waals surface area contributed by atoms with Crippen LogP contribution >= 0.6 is 0 Å². The minimum absolute atomic E-state index is 0.172. The van der Waals surface area contributed by atoms with E-state index in [1.807, 2.05) is 12.1 Å². The number of aliphatic hydroxyl groups excluding tert-OH is 1. The Balaban J connectivity index is 1.46. The van der Waals surface area contributed by atoms with Gasteiger partial charge in [0.2, 0.25) is 0 Å². The normalized spacial score (nSPS) is 16.1. The molecule has 144 valence electrons. The number of carboxylic acids is 1. The highest BCUT2D eigenvalue weighted by molar-refractivity contribution is 5.94. The molecule has 0 saturated carbocycles. The summed E-state index contributed by atoms with van der Waals surface area (Å²) in [7, 11) is 0. The van der Waals surface area contributed by atoms with Gasteiger partial charge >= 0.3 is 5.97 Å². The molecule has 0 amide bonds. The van der Waals surface area contributed by atoms with Crippen molar-refractivity contribution in [2.24, 2.45) is 0 Å². The first-order valence-electron chi connectivity index (χ1n) is 8.92. The van der Waals surface area contributed by atoms with Crippen LogP contribution in [0.3, 0.4) is 0 Å². The maximum absolute atomic E-state index is 11.4. The lowest BCUT2D eigenvalue weighted by Gasteiger charge is -2.37. The second-order valence-corrected chi connectivity index (χ2v) is 6.57. The summed E-state index contributed by atoms with van der Waals surface area (Å²) >= 11 is 0. The Kier molecular flexibility index (Phi) is 6.16. The smallest absolute Gasteiger partial charge is 0.337 e. The summed E-state index contributed by atoms with van der Waals surface area (Å²) in [5.74, 6) is -0.151. The third-order valence-electron chi connectivity index (χ3n) is 4.60. The van der Waals surface area contributed by atoms with Crippen LogP contribution in [0.15, 0.2) is 48.5 Å². The van der Waals surface area contributed by atoms with Crippen molar-refractivity contribution >= 4 is 11.7 Å². The highest BCUT2D eigenvalue weighted by Crippen LogP contribution is 2.22. The summed E-state index contributed by atoms with van der Waals surface area (Å²) in [5.41, 5.74) is 1.05. The molecule has 3 rings (SSSR count). The van der Waals surface area contributed by atoms with E-state index < -0.39 is 12.1 Å². The van der Waals surface area contributed by atoms with Crippen molar-refractivity contribution in [1.29, 1.82) is 0 Å². The lowest BCUT2D eigenvalue weighted by Crippen LogP contribution is -2.49. The van der Waals surface area contributed by atoms with Gasteiger partial charge in [-0.15, -0.1) is 0 Å². The minimum Gasteiger partial charge on any atom is -0.508 e. The van der Waals surface area contributed by atoms with E-state index in [0.717, 1.165) is 18.8 Å². The summed E-state index contributed by atoms with van der Waals surface area (Å²) in [6, 6.07) is 13.4. The summed E-state index contributed by atoms with van der Waals surface area (Å²) in [4.78, 5) is 15.6. The molecule has 7 nitrogen and oxygen atoms in total. The highest BCUT2D eigenvalue weighted by Gasteiger charge is 2.22. The second-order valence-electron chi connectivity index (χ2n) is 6.57. The average Bonchev–Trinajstić information content (AvgIpc) is 2.68. The van der Waals surface area contributed by atoms with Crippen LogP contribution in [-0.2, 0) is 0 Å². The zero-order chi connectivity index (χ0) is 19.2. The van der Waals surface area contributed by atoms with Gasteiger partial charge in [-0.1, -0.05) is 12.1 Å². The van der Waals surface area contributed by atoms with Crippen LogP contribution in [0.25, 0.3) is 0 Å². The van der Waals surface area contributed by atoms with Crippen LogP contribution in [0, 0.1) is 0 Å². The maximum Gasteiger partial charge on any atom is 0.337 e. The fourth-order valence-corrected chi connectivity index (χ4v) is 3.19. The Morgan fingerprint density at radius 2 is 1.70 bits per heavy atom. The van der Waals surface area contributed by atoms with Crippen molar-refractivity contribution in [1.82, 2.24) is 4.90 Å². The maximum atomic E-state index is 11.4. The molecule has 2 aromatic carbocycles. The van der Waals surface area contributed by atoms with E-state index in [2.05, 4.69) is 9.80 Å². The van der Waals surface area contributed by atoms with Gasteiger partial charge in [0.25, 0.3) is 0 Å². The fourth-order valence-electron chi connectivity index (χ4n) is 3.19. The number of rotatable bonds is 7. The molecular formula is C20H24N2O5. The minimum atomic E-state index is -0.921. The SMILES string of the molecule is O=C(O)c1ccccc1N1CCN(CC(O)COc2ccc(O)cc2)CC1. The predicted molar refractivity (Wildman–Crippen MR) is 102 cm³/mol. The van der Waals surface area contributed by atoms with Gasteiger partial charge in [-0.05, 0) is 36.4 Å². The Labute approximate surface area is 158 Å². The van der Waals surface area contributed by atoms with E-state index in [0.29, 0.717) is 30.9 Å². The van der Waals surface area contributed by atoms with E-state index in [1.54, 1.807) is 24.3 Å². The Hall–Kier alpha value is -2.77. The van der Waals surface area contributed by atoms with Gasteiger partial charge in [0.05, 0.1) is 11.3 Å². The van der Waals surface area contributed by atoms with E-state index in [9.17, 15) is 20.1 Å². The molecular weight excluding hydrogens is 348 g/mol. The lowest BCUT2D eigenvalue weighted by atomic mass is 10.1. The molecule has 1 aliphatic heterocycles. The number of phenols is 1. The molecule has 1 heterocycles. The number of anilines is 1. The molecule has 1 aliphatic rings. The van der Waals surface area contributed by atoms with Crippen molar-refractivity contribution in [3.63, 3.8) is 0 Å². The number of ether oxygens (including phenoxy) is 1. The van der Waals surface area contributed by atoms with Crippen molar-refractivity contribution < 1.29 is 24.9 Å². The number of piperazine rings is 1. The van der Waals surface area contributed by atoms with Crippen molar-refractivity contribution in [3.05, 3.63) is 54.1 Å². The zero-order valence-corrected chi connectivity index (χ0v) is 15.0. The molecule has 1 atom stereocenters. The van der Waals surface area contributed by atoms with Crippen LogP contribution < -0.4 is 9.64 Å². The third-order valence-corrected chi connectivity index (χ3v) is 4.60. The zero-order valence-electron chi connectivity index (χ0n) is 15.0. The first kappa shape index (κ1) is 19.0. The molecule has 1 fully saturated rings. The molecule has 0 radical (unpaired) electrons. The summed E-state index contributed by atoms with van der Waals surface area (Å²) < 4.78 is 5.53. The number of hydrogen-bond donors (Lipinski definition) is 3. The number of phenolic OH excluding ortho intramolecular Hbond substituents is 1. The van der Waals surface area contributed by atoms with E-state index in [1.165, 1.54) is 12.1 Å². The van der Waals surface area contributed by atoms with Crippen LogP contribution in [0.2, 0.25) is 0 Å². The number of carbonyl (C=O) groups is 1. The monoisotopic (exact) mass is 372 g/mol. The molecule has 1 saturated heterocycles. The quantitative estimate of drug-likeness (QED) is 0.680. The first-order valence-corrected chi connectivity index (χ1v) is 8.92. The Bertz CT molecular complexity index is 757. The molecule has 2 aromatic rings. The number of aromatic hydroxyl groups is 1. The highest BCUT2D eigenvalue weighted by atomic mass is 16.5. The topological polar surface area (TPSA) is 93.5 Å². The van der Waals surface area contributed by atoms with Gasteiger partial charge in [0, 0.05) is 32.7 Å². The third kappa shape index (κ3) is 5.12. The second kappa shape index (κ2) is 8.75. The fraction of sp³-hybridized carbons (Fsp3) is 0.350. The van der Waals surface area contributed by atoms with Crippen LogP contribution in [0.1, 0.15) is 10.4 Å². The number of β-amino-alcohol motifs (C(OH)–C–C–N with tert-alkyl or cyclic N) is 1. The van der Waals surface area contributed by atoms with Gasteiger partial charge in [0.15, 0.2) is 0 Å². The van der Waals surface area contributed by atoms with Gasteiger partial charge < -0.3 is 25.0 Å². The van der Waals surface area contributed by atoms with E-state index in [4.69, 9.17) is 4.74 Å². The van der Waals surface area contributed by atoms with E-state index >= 15 is 0 Å². The van der Waals surface area contributed by atoms with Crippen molar-refractivity contribution in [3.8, 4) is 11.5 Å². The van der Waals surface area contributed by atoms with E-state index in [-0.39, 0.29) is 12.4 Å². The molecule has 0 spiro atoms. The van der Waals surface area contributed by atoms with Crippen molar-refractivity contribution in [2.45, 2.75) is 6.10 Å². The van der Waals surface area contributed by atoms with Crippen molar-refractivity contribution in [2.75, 3.05) is 44.2 Å². The molecule has 1 unspecified atom stereocenters. The van der Waals surface area contributed by atoms with Gasteiger partial charge in [-0.25, -0.2) is 4.79 Å². The number of aromatic carboxylic acids is 1. The Morgan fingerprint density at radius 1 is 1.04 bits per heavy atom. The number of hydrogen-bond acceptors (Lipinski definition) is 6.